The van der Waals surface area contributed by atoms with E-state index in [0.29, 0.717) is 6.54 Å². The third-order valence-corrected chi connectivity index (χ3v) is 3.32. The third-order valence-electron chi connectivity index (χ3n) is 3.32. The van der Waals surface area contributed by atoms with Gasteiger partial charge in [-0.1, -0.05) is 32.0 Å². The molecule has 0 spiro atoms. The van der Waals surface area contributed by atoms with Crippen molar-refractivity contribution in [2.24, 2.45) is 5.92 Å². The zero-order chi connectivity index (χ0) is 15.2. The summed E-state index contributed by atoms with van der Waals surface area (Å²) in [4.78, 5) is 16.1. The van der Waals surface area contributed by atoms with Crippen LogP contribution >= 0.6 is 0 Å². The van der Waals surface area contributed by atoms with E-state index < -0.39 is 0 Å². The monoisotopic (exact) mass is 286 g/mol. The Labute approximate surface area is 124 Å². The molecule has 2 rings (SSSR count). The SMILES string of the molecule is CC(C)C(=O)NCC(c1ccc(F)cc1)c1ccccn1. The molecule has 0 aliphatic carbocycles. The molecule has 0 saturated heterocycles. The van der Waals surface area contributed by atoms with Crippen LogP contribution in [-0.4, -0.2) is 17.4 Å². The summed E-state index contributed by atoms with van der Waals surface area (Å²) in [5.41, 5.74) is 1.78. The van der Waals surface area contributed by atoms with Crippen LogP contribution in [0.15, 0.2) is 48.7 Å². The number of hydrogen-bond donors (Lipinski definition) is 1. The Kier molecular flexibility index (Phi) is 5.04. The third kappa shape index (κ3) is 4.12. The highest BCUT2D eigenvalue weighted by atomic mass is 19.1. The molecule has 1 atom stereocenters. The number of carbonyl (C=O) groups is 1. The molecule has 0 aliphatic heterocycles. The van der Waals surface area contributed by atoms with Crippen LogP contribution in [0.25, 0.3) is 0 Å². The minimum Gasteiger partial charge on any atom is -0.355 e. The van der Waals surface area contributed by atoms with Crippen molar-refractivity contribution in [3.05, 3.63) is 65.7 Å². The lowest BCUT2D eigenvalue weighted by molar-refractivity contribution is -0.124. The fourth-order valence-electron chi connectivity index (χ4n) is 2.08. The van der Waals surface area contributed by atoms with Gasteiger partial charge in [-0.15, -0.1) is 0 Å². The van der Waals surface area contributed by atoms with Gasteiger partial charge in [0.05, 0.1) is 0 Å². The zero-order valence-electron chi connectivity index (χ0n) is 12.2. The summed E-state index contributed by atoms with van der Waals surface area (Å²) in [6, 6.07) is 12.0. The summed E-state index contributed by atoms with van der Waals surface area (Å²) in [6.45, 7) is 4.14. The van der Waals surface area contributed by atoms with E-state index >= 15 is 0 Å². The summed E-state index contributed by atoms with van der Waals surface area (Å²) in [7, 11) is 0. The Bertz CT molecular complexity index is 581. The van der Waals surface area contributed by atoms with Crippen LogP contribution in [0.5, 0.6) is 0 Å². The van der Waals surface area contributed by atoms with Crippen molar-refractivity contribution in [3.8, 4) is 0 Å². The maximum Gasteiger partial charge on any atom is 0.222 e. The number of pyridine rings is 1. The lowest BCUT2D eigenvalue weighted by atomic mass is 9.94. The molecular formula is C17H19FN2O. The fraction of sp³-hybridized carbons (Fsp3) is 0.294. The molecule has 4 heteroatoms. The van der Waals surface area contributed by atoms with Crippen molar-refractivity contribution in [2.45, 2.75) is 19.8 Å². The second-order valence-electron chi connectivity index (χ2n) is 5.26. The number of halogens is 1. The van der Waals surface area contributed by atoms with E-state index in [1.165, 1.54) is 12.1 Å². The Hall–Kier alpha value is -2.23. The van der Waals surface area contributed by atoms with E-state index in [1.54, 1.807) is 18.3 Å². The van der Waals surface area contributed by atoms with Crippen LogP contribution in [0.3, 0.4) is 0 Å². The minimum atomic E-state index is -0.273. The maximum absolute atomic E-state index is 13.1. The number of carbonyl (C=O) groups excluding carboxylic acids is 1. The molecule has 0 fully saturated rings. The first kappa shape index (κ1) is 15.2. The second-order valence-corrected chi connectivity index (χ2v) is 5.26. The summed E-state index contributed by atoms with van der Waals surface area (Å²) in [5.74, 6) is -0.431. The van der Waals surface area contributed by atoms with E-state index in [0.717, 1.165) is 11.3 Å². The fourth-order valence-corrected chi connectivity index (χ4v) is 2.08. The predicted octanol–water partition coefficient (Wildman–Crippen LogP) is 3.12. The number of aromatic nitrogens is 1. The van der Waals surface area contributed by atoms with E-state index in [9.17, 15) is 9.18 Å². The Morgan fingerprint density at radius 3 is 2.48 bits per heavy atom. The van der Waals surface area contributed by atoms with Gasteiger partial charge in [0.1, 0.15) is 5.82 Å². The molecular weight excluding hydrogens is 267 g/mol. The van der Waals surface area contributed by atoms with Crippen molar-refractivity contribution in [1.29, 1.82) is 0 Å². The molecule has 0 saturated carbocycles. The topological polar surface area (TPSA) is 42.0 Å². The van der Waals surface area contributed by atoms with Crippen molar-refractivity contribution >= 4 is 5.91 Å². The Morgan fingerprint density at radius 2 is 1.90 bits per heavy atom. The zero-order valence-corrected chi connectivity index (χ0v) is 12.2. The Balaban J connectivity index is 2.23. The van der Waals surface area contributed by atoms with Gasteiger partial charge in [-0.2, -0.15) is 0 Å². The molecule has 2 aromatic rings. The molecule has 1 unspecified atom stereocenters. The van der Waals surface area contributed by atoms with Gasteiger partial charge in [0.25, 0.3) is 0 Å². The van der Waals surface area contributed by atoms with E-state index in [1.807, 2.05) is 32.0 Å². The van der Waals surface area contributed by atoms with E-state index in [2.05, 4.69) is 10.3 Å². The highest BCUT2D eigenvalue weighted by molar-refractivity contribution is 5.77. The van der Waals surface area contributed by atoms with Gasteiger partial charge >= 0.3 is 0 Å². The molecule has 0 bridgehead atoms. The first-order chi connectivity index (χ1) is 10.1. The maximum atomic E-state index is 13.1. The molecule has 1 heterocycles. The lowest BCUT2D eigenvalue weighted by Crippen LogP contribution is -2.32. The summed E-state index contributed by atoms with van der Waals surface area (Å²) < 4.78 is 13.1. The number of benzene rings is 1. The average molecular weight is 286 g/mol. The molecule has 3 nitrogen and oxygen atoms in total. The van der Waals surface area contributed by atoms with Gasteiger partial charge in [0.15, 0.2) is 0 Å². The normalized spacial score (nSPS) is 12.2. The molecule has 1 amide bonds. The van der Waals surface area contributed by atoms with Crippen LogP contribution in [0.1, 0.15) is 31.0 Å². The van der Waals surface area contributed by atoms with Crippen LogP contribution in [0.2, 0.25) is 0 Å². The largest absolute Gasteiger partial charge is 0.355 e. The van der Waals surface area contributed by atoms with Crippen molar-refractivity contribution in [1.82, 2.24) is 10.3 Å². The van der Waals surface area contributed by atoms with E-state index in [-0.39, 0.29) is 23.6 Å². The second kappa shape index (κ2) is 6.97. The molecule has 21 heavy (non-hydrogen) atoms. The Morgan fingerprint density at radius 1 is 1.19 bits per heavy atom. The van der Waals surface area contributed by atoms with Gasteiger partial charge < -0.3 is 5.32 Å². The molecule has 0 aliphatic rings. The van der Waals surface area contributed by atoms with Crippen molar-refractivity contribution in [3.63, 3.8) is 0 Å². The number of hydrogen-bond acceptors (Lipinski definition) is 2. The first-order valence-corrected chi connectivity index (χ1v) is 7.02. The van der Waals surface area contributed by atoms with Gasteiger partial charge in [0.2, 0.25) is 5.91 Å². The van der Waals surface area contributed by atoms with Crippen molar-refractivity contribution in [2.75, 3.05) is 6.54 Å². The van der Waals surface area contributed by atoms with Crippen LogP contribution in [0.4, 0.5) is 4.39 Å². The summed E-state index contributed by atoms with van der Waals surface area (Å²) >= 11 is 0. The standard InChI is InChI=1S/C17H19FN2O/c1-12(2)17(21)20-11-15(16-5-3-4-10-19-16)13-6-8-14(18)9-7-13/h3-10,12,15H,11H2,1-2H3,(H,20,21). The molecule has 1 aromatic carbocycles. The number of rotatable bonds is 5. The average Bonchev–Trinajstić information content (AvgIpc) is 2.50. The highest BCUT2D eigenvalue weighted by Crippen LogP contribution is 2.22. The van der Waals surface area contributed by atoms with Gasteiger partial charge in [-0.3, -0.25) is 9.78 Å². The van der Waals surface area contributed by atoms with Gasteiger partial charge in [0, 0.05) is 30.3 Å². The van der Waals surface area contributed by atoms with Crippen LogP contribution < -0.4 is 5.32 Å². The molecule has 110 valence electrons. The van der Waals surface area contributed by atoms with Gasteiger partial charge in [-0.05, 0) is 29.8 Å². The predicted molar refractivity (Wildman–Crippen MR) is 80.3 cm³/mol. The van der Waals surface area contributed by atoms with Gasteiger partial charge in [-0.25, -0.2) is 4.39 Å². The lowest BCUT2D eigenvalue weighted by Gasteiger charge is -2.18. The molecule has 1 N–H and O–H groups in total. The highest BCUT2D eigenvalue weighted by Gasteiger charge is 2.17. The smallest absolute Gasteiger partial charge is 0.222 e. The number of nitrogens with zero attached hydrogens (tertiary/aromatic N) is 1. The van der Waals surface area contributed by atoms with E-state index in [4.69, 9.17) is 0 Å². The number of nitrogens with one attached hydrogen (secondary N) is 1. The van der Waals surface area contributed by atoms with Crippen LogP contribution in [0, 0.1) is 11.7 Å². The molecule has 1 aromatic heterocycles. The summed E-state index contributed by atoms with van der Waals surface area (Å²) in [6.07, 6.45) is 1.72. The summed E-state index contributed by atoms with van der Waals surface area (Å²) in [5, 5.41) is 2.92. The van der Waals surface area contributed by atoms with Crippen molar-refractivity contribution < 1.29 is 9.18 Å². The minimum absolute atomic E-state index is 0.00181. The quantitative estimate of drug-likeness (QED) is 0.917. The first-order valence-electron chi connectivity index (χ1n) is 7.02. The number of amides is 1. The molecule has 0 radical (unpaired) electrons. The van der Waals surface area contributed by atoms with Crippen LogP contribution in [-0.2, 0) is 4.79 Å².